The standard InChI is InChI=1S/C14H17N3O2/c1-9-3-6-12(13(7-9)17-15)14(18)16-8-11-5-4-10(2)19-11/h3-7,17H,8,15H2,1-2H3,(H,16,18). The first-order chi connectivity index (χ1) is 9.10. The summed E-state index contributed by atoms with van der Waals surface area (Å²) < 4.78 is 5.39. The van der Waals surface area contributed by atoms with Gasteiger partial charge in [-0.05, 0) is 43.7 Å². The Balaban J connectivity index is 2.07. The van der Waals surface area contributed by atoms with Crippen molar-refractivity contribution in [1.82, 2.24) is 5.32 Å². The number of carbonyl (C=O) groups is 1. The third-order valence-electron chi connectivity index (χ3n) is 2.79. The van der Waals surface area contributed by atoms with Crippen LogP contribution in [0.25, 0.3) is 0 Å². The molecule has 1 aromatic carbocycles. The molecule has 2 rings (SSSR count). The summed E-state index contributed by atoms with van der Waals surface area (Å²) in [7, 11) is 0. The SMILES string of the molecule is Cc1ccc(C(=O)NCc2ccc(C)o2)c(NN)c1. The number of furan rings is 1. The second-order valence-electron chi connectivity index (χ2n) is 4.39. The summed E-state index contributed by atoms with van der Waals surface area (Å²) in [5, 5.41) is 2.79. The van der Waals surface area contributed by atoms with E-state index in [0.717, 1.165) is 17.1 Å². The van der Waals surface area contributed by atoms with Crippen molar-refractivity contribution in [2.24, 2.45) is 5.84 Å². The van der Waals surface area contributed by atoms with Gasteiger partial charge in [-0.15, -0.1) is 0 Å². The number of nitrogen functional groups attached to an aromatic ring is 1. The number of anilines is 1. The summed E-state index contributed by atoms with van der Waals surface area (Å²) in [5.74, 6) is 6.77. The molecule has 0 aliphatic heterocycles. The van der Waals surface area contributed by atoms with Crippen LogP contribution in [0.2, 0.25) is 0 Å². The van der Waals surface area contributed by atoms with Gasteiger partial charge in [0.15, 0.2) is 0 Å². The van der Waals surface area contributed by atoms with E-state index in [1.807, 2.05) is 38.1 Å². The van der Waals surface area contributed by atoms with Crippen molar-refractivity contribution >= 4 is 11.6 Å². The molecule has 0 aliphatic rings. The minimum absolute atomic E-state index is 0.193. The van der Waals surface area contributed by atoms with Gasteiger partial charge in [0.1, 0.15) is 11.5 Å². The van der Waals surface area contributed by atoms with Gasteiger partial charge < -0.3 is 15.2 Å². The molecule has 0 saturated carbocycles. The zero-order chi connectivity index (χ0) is 13.8. The first kappa shape index (κ1) is 13.2. The van der Waals surface area contributed by atoms with Crippen LogP contribution in [0.1, 0.15) is 27.4 Å². The van der Waals surface area contributed by atoms with Gasteiger partial charge in [0.2, 0.25) is 0 Å². The number of hydrogen-bond acceptors (Lipinski definition) is 4. The highest BCUT2D eigenvalue weighted by atomic mass is 16.3. The van der Waals surface area contributed by atoms with Gasteiger partial charge in [-0.2, -0.15) is 0 Å². The number of nitrogens with one attached hydrogen (secondary N) is 2. The van der Waals surface area contributed by atoms with E-state index in [9.17, 15) is 4.79 Å². The van der Waals surface area contributed by atoms with Crippen molar-refractivity contribution in [3.05, 3.63) is 53.0 Å². The van der Waals surface area contributed by atoms with E-state index in [4.69, 9.17) is 10.3 Å². The average Bonchev–Trinajstić information content (AvgIpc) is 2.81. The lowest BCUT2D eigenvalue weighted by Gasteiger charge is -2.09. The van der Waals surface area contributed by atoms with E-state index in [-0.39, 0.29) is 5.91 Å². The third-order valence-corrected chi connectivity index (χ3v) is 2.79. The number of amides is 1. The number of nitrogens with two attached hydrogens (primary N) is 1. The summed E-state index contributed by atoms with van der Waals surface area (Å²) in [5.41, 5.74) is 4.68. The number of rotatable bonds is 4. The Hall–Kier alpha value is -2.27. The van der Waals surface area contributed by atoms with Crippen molar-refractivity contribution in [2.75, 3.05) is 5.43 Å². The Bertz CT molecular complexity index is 590. The molecule has 0 fully saturated rings. The second kappa shape index (κ2) is 5.58. The van der Waals surface area contributed by atoms with Gasteiger partial charge in [0.25, 0.3) is 5.91 Å². The van der Waals surface area contributed by atoms with E-state index in [1.54, 1.807) is 6.07 Å². The minimum Gasteiger partial charge on any atom is -0.465 e. The summed E-state index contributed by atoms with van der Waals surface area (Å²) in [6.07, 6.45) is 0. The molecule has 5 heteroatoms. The minimum atomic E-state index is -0.193. The second-order valence-corrected chi connectivity index (χ2v) is 4.39. The molecule has 4 N–H and O–H groups in total. The summed E-state index contributed by atoms with van der Waals surface area (Å²) in [4.78, 5) is 12.1. The Labute approximate surface area is 111 Å². The van der Waals surface area contributed by atoms with Crippen molar-refractivity contribution in [3.63, 3.8) is 0 Å². The molecule has 19 heavy (non-hydrogen) atoms. The normalized spacial score (nSPS) is 10.3. The van der Waals surface area contributed by atoms with Crippen LogP contribution in [0.5, 0.6) is 0 Å². The molecule has 0 spiro atoms. The van der Waals surface area contributed by atoms with Crippen LogP contribution in [0.3, 0.4) is 0 Å². The monoisotopic (exact) mass is 259 g/mol. The predicted molar refractivity (Wildman–Crippen MR) is 73.6 cm³/mol. The van der Waals surface area contributed by atoms with Gasteiger partial charge >= 0.3 is 0 Å². The molecule has 0 radical (unpaired) electrons. The van der Waals surface area contributed by atoms with Crippen molar-refractivity contribution < 1.29 is 9.21 Å². The topological polar surface area (TPSA) is 80.3 Å². The fourth-order valence-electron chi connectivity index (χ4n) is 1.82. The maximum atomic E-state index is 12.1. The first-order valence-electron chi connectivity index (χ1n) is 6.01. The molecular formula is C14H17N3O2. The highest BCUT2D eigenvalue weighted by Gasteiger charge is 2.11. The maximum absolute atomic E-state index is 12.1. The molecule has 1 amide bonds. The number of carbonyl (C=O) groups excluding carboxylic acids is 1. The predicted octanol–water partition coefficient (Wildman–Crippen LogP) is 2.11. The molecule has 0 unspecified atom stereocenters. The van der Waals surface area contributed by atoms with Crippen LogP contribution in [-0.4, -0.2) is 5.91 Å². The maximum Gasteiger partial charge on any atom is 0.253 e. The molecular weight excluding hydrogens is 242 g/mol. The van der Waals surface area contributed by atoms with E-state index in [0.29, 0.717) is 17.8 Å². The molecule has 1 aromatic heterocycles. The van der Waals surface area contributed by atoms with Crippen LogP contribution in [-0.2, 0) is 6.54 Å². The molecule has 0 saturated heterocycles. The molecule has 0 atom stereocenters. The van der Waals surface area contributed by atoms with Crippen molar-refractivity contribution in [3.8, 4) is 0 Å². The smallest absolute Gasteiger partial charge is 0.253 e. The van der Waals surface area contributed by atoms with E-state index >= 15 is 0 Å². The Morgan fingerprint density at radius 3 is 2.68 bits per heavy atom. The van der Waals surface area contributed by atoms with E-state index in [2.05, 4.69) is 10.7 Å². The lowest BCUT2D eigenvalue weighted by Crippen LogP contribution is -2.24. The Morgan fingerprint density at radius 2 is 2.05 bits per heavy atom. The number of hydrogen-bond donors (Lipinski definition) is 3. The van der Waals surface area contributed by atoms with E-state index in [1.165, 1.54) is 0 Å². The lowest BCUT2D eigenvalue weighted by molar-refractivity contribution is 0.0948. The first-order valence-corrected chi connectivity index (χ1v) is 6.01. The molecule has 5 nitrogen and oxygen atoms in total. The van der Waals surface area contributed by atoms with Crippen LogP contribution >= 0.6 is 0 Å². The van der Waals surface area contributed by atoms with Crippen LogP contribution in [0, 0.1) is 13.8 Å². The van der Waals surface area contributed by atoms with Gasteiger partial charge in [-0.3, -0.25) is 10.6 Å². The summed E-state index contributed by atoms with van der Waals surface area (Å²) >= 11 is 0. The molecule has 0 bridgehead atoms. The average molecular weight is 259 g/mol. The van der Waals surface area contributed by atoms with Crippen LogP contribution in [0.4, 0.5) is 5.69 Å². The summed E-state index contributed by atoms with van der Waals surface area (Å²) in [6, 6.07) is 9.14. The quantitative estimate of drug-likeness (QED) is 0.580. The Kier molecular flexibility index (Phi) is 3.87. The fraction of sp³-hybridized carbons (Fsp3) is 0.214. The lowest BCUT2D eigenvalue weighted by atomic mass is 10.1. The molecule has 1 heterocycles. The van der Waals surface area contributed by atoms with E-state index < -0.39 is 0 Å². The molecule has 2 aromatic rings. The highest BCUT2D eigenvalue weighted by Crippen LogP contribution is 2.16. The molecule has 0 aliphatic carbocycles. The van der Waals surface area contributed by atoms with Gasteiger partial charge in [-0.1, -0.05) is 6.07 Å². The third kappa shape index (κ3) is 3.14. The Morgan fingerprint density at radius 1 is 1.26 bits per heavy atom. The zero-order valence-corrected chi connectivity index (χ0v) is 11.0. The van der Waals surface area contributed by atoms with Crippen LogP contribution in [0.15, 0.2) is 34.7 Å². The highest BCUT2D eigenvalue weighted by molar-refractivity contribution is 5.99. The summed E-state index contributed by atoms with van der Waals surface area (Å²) in [6.45, 7) is 4.15. The largest absolute Gasteiger partial charge is 0.465 e. The van der Waals surface area contributed by atoms with Crippen molar-refractivity contribution in [2.45, 2.75) is 20.4 Å². The van der Waals surface area contributed by atoms with Gasteiger partial charge in [0, 0.05) is 0 Å². The number of benzene rings is 1. The molecule has 100 valence electrons. The van der Waals surface area contributed by atoms with Gasteiger partial charge in [0.05, 0.1) is 17.8 Å². The van der Waals surface area contributed by atoms with Crippen LogP contribution < -0.4 is 16.6 Å². The number of aryl methyl sites for hydroxylation is 2. The fourth-order valence-corrected chi connectivity index (χ4v) is 1.82. The van der Waals surface area contributed by atoms with Gasteiger partial charge in [-0.25, -0.2) is 0 Å². The number of hydrazine groups is 1. The van der Waals surface area contributed by atoms with Crippen molar-refractivity contribution in [1.29, 1.82) is 0 Å². The zero-order valence-electron chi connectivity index (χ0n) is 11.0.